The summed E-state index contributed by atoms with van der Waals surface area (Å²) in [5.74, 6) is 0.848. The summed E-state index contributed by atoms with van der Waals surface area (Å²) in [7, 11) is -0.958. The fourth-order valence-electron chi connectivity index (χ4n) is 2.93. The molecule has 1 saturated carbocycles. The largest absolute Gasteiger partial charge is 0.0917 e. The number of hydrogen-bond donors (Lipinski definition) is 0. The van der Waals surface area contributed by atoms with E-state index in [1.807, 2.05) is 0 Å². The Bertz CT molecular complexity index is 224. The van der Waals surface area contributed by atoms with Gasteiger partial charge >= 0.3 is 0 Å². The highest BCUT2D eigenvalue weighted by molar-refractivity contribution is 6.77. The Hall–Kier alpha value is -0.0431. The van der Waals surface area contributed by atoms with Gasteiger partial charge < -0.3 is 0 Å². The number of hydrogen-bond acceptors (Lipinski definition) is 0. The zero-order valence-corrected chi connectivity index (χ0v) is 13.3. The summed E-state index contributed by atoms with van der Waals surface area (Å²) in [6.07, 6.45) is 17.1. The third-order valence-corrected chi connectivity index (χ3v) is 7.22. The molecule has 0 saturated heterocycles. The minimum Gasteiger partial charge on any atom is -0.0917 e. The SMILES string of the molecule is CC=CCC1[CH]CCCCCC([Si](C)(C)C)C1. The van der Waals surface area contributed by atoms with Gasteiger partial charge in [-0.15, -0.1) is 0 Å². The van der Waals surface area contributed by atoms with Gasteiger partial charge in [0.15, 0.2) is 0 Å². The van der Waals surface area contributed by atoms with E-state index in [4.69, 9.17) is 0 Å². The van der Waals surface area contributed by atoms with E-state index in [0.717, 1.165) is 11.5 Å². The molecular weight excluding hydrogens is 220 g/mol. The Morgan fingerprint density at radius 3 is 2.59 bits per heavy atom. The van der Waals surface area contributed by atoms with E-state index in [1.54, 1.807) is 0 Å². The molecule has 0 heterocycles. The van der Waals surface area contributed by atoms with Gasteiger partial charge in [0.25, 0.3) is 0 Å². The van der Waals surface area contributed by atoms with Crippen LogP contribution in [0.2, 0.25) is 25.2 Å². The fourth-order valence-corrected chi connectivity index (χ4v) is 5.01. The van der Waals surface area contributed by atoms with Crippen LogP contribution in [0.25, 0.3) is 0 Å². The lowest BCUT2D eigenvalue weighted by Gasteiger charge is -2.31. The second kappa shape index (κ2) is 7.40. The molecule has 1 rings (SSSR count). The summed E-state index contributed by atoms with van der Waals surface area (Å²) in [4.78, 5) is 0. The number of rotatable bonds is 3. The first-order valence-electron chi connectivity index (χ1n) is 7.48. The zero-order chi connectivity index (χ0) is 12.7. The summed E-state index contributed by atoms with van der Waals surface area (Å²) in [5.41, 5.74) is 1.03. The third-order valence-electron chi connectivity index (χ3n) is 4.24. The second-order valence-electron chi connectivity index (χ2n) is 6.74. The topological polar surface area (TPSA) is 0 Å². The predicted octanol–water partition coefficient (Wildman–Crippen LogP) is 5.84. The molecule has 0 aromatic heterocycles. The summed E-state index contributed by atoms with van der Waals surface area (Å²) in [6, 6.07) is 0. The summed E-state index contributed by atoms with van der Waals surface area (Å²) in [6.45, 7) is 9.82. The molecule has 1 heteroatoms. The first-order valence-corrected chi connectivity index (χ1v) is 11.1. The predicted molar refractivity (Wildman–Crippen MR) is 82.0 cm³/mol. The van der Waals surface area contributed by atoms with Crippen molar-refractivity contribution < 1.29 is 0 Å². The van der Waals surface area contributed by atoms with E-state index in [2.05, 4.69) is 45.1 Å². The molecule has 0 spiro atoms. The molecule has 1 aliphatic carbocycles. The van der Waals surface area contributed by atoms with Crippen molar-refractivity contribution in [2.75, 3.05) is 0 Å². The molecule has 2 unspecified atom stereocenters. The maximum absolute atomic E-state index is 2.62. The van der Waals surface area contributed by atoms with Crippen LogP contribution in [-0.2, 0) is 0 Å². The van der Waals surface area contributed by atoms with E-state index in [-0.39, 0.29) is 0 Å². The quantitative estimate of drug-likeness (QED) is 0.437. The van der Waals surface area contributed by atoms with E-state index < -0.39 is 8.07 Å². The molecule has 0 nitrogen and oxygen atoms in total. The van der Waals surface area contributed by atoms with Crippen LogP contribution < -0.4 is 0 Å². The molecule has 99 valence electrons. The van der Waals surface area contributed by atoms with Crippen molar-refractivity contribution in [2.45, 2.75) is 77.1 Å². The molecular formula is C16H31Si. The van der Waals surface area contributed by atoms with Gasteiger partial charge in [-0.3, -0.25) is 0 Å². The summed E-state index contributed by atoms with van der Waals surface area (Å²) >= 11 is 0. The van der Waals surface area contributed by atoms with Crippen molar-refractivity contribution in [1.29, 1.82) is 0 Å². The Morgan fingerprint density at radius 2 is 1.94 bits per heavy atom. The van der Waals surface area contributed by atoms with Gasteiger partial charge in [0.1, 0.15) is 0 Å². The fraction of sp³-hybridized carbons (Fsp3) is 0.812. The average Bonchev–Trinajstić information content (AvgIpc) is 2.36. The minimum atomic E-state index is -0.958. The third kappa shape index (κ3) is 5.90. The minimum absolute atomic E-state index is 0.848. The molecule has 0 amide bonds. The first-order chi connectivity index (χ1) is 8.04. The zero-order valence-electron chi connectivity index (χ0n) is 12.3. The van der Waals surface area contributed by atoms with Crippen LogP contribution >= 0.6 is 0 Å². The van der Waals surface area contributed by atoms with Crippen molar-refractivity contribution in [3.63, 3.8) is 0 Å². The molecule has 0 N–H and O–H groups in total. The Morgan fingerprint density at radius 1 is 1.18 bits per heavy atom. The molecule has 1 fully saturated rings. The van der Waals surface area contributed by atoms with Crippen LogP contribution in [0.5, 0.6) is 0 Å². The van der Waals surface area contributed by atoms with Crippen molar-refractivity contribution >= 4 is 8.07 Å². The molecule has 0 aromatic carbocycles. The lowest BCUT2D eigenvalue weighted by Crippen LogP contribution is -2.29. The lowest BCUT2D eigenvalue weighted by molar-refractivity contribution is 0.506. The van der Waals surface area contributed by atoms with Gasteiger partial charge in [0.2, 0.25) is 0 Å². The Balaban J connectivity index is 2.61. The molecule has 1 aliphatic rings. The van der Waals surface area contributed by atoms with Crippen molar-refractivity contribution in [3.8, 4) is 0 Å². The second-order valence-corrected chi connectivity index (χ2v) is 12.3. The van der Waals surface area contributed by atoms with E-state index in [0.29, 0.717) is 0 Å². The van der Waals surface area contributed by atoms with Gasteiger partial charge in [-0.2, -0.15) is 0 Å². The lowest BCUT2D eigenvalue weighted by atomic mass is 9.93. The maximum atomic E-state index is 2.62. The molecule has 0 bridgehead atoms. The van der Waals surface area contributed by atoms with Crippen molar-refractivity contribution in [3.05, 3.63) is 18.6 Å². The van der Waals surface area contributed by atoms with Gasteiger partial charge in [0.05, 0.1) is 0 Å². The van der Waals surface area contributed by atoms with Crippen LogP contribution in [0.15, 0.2) is 12.2 Å². The standard InChI is InChI=1S/C16H31Si/c1-5-6-11-15-12-9-7-8-10-13-16(14-15)17(2,3)4/h5-6,12,15-16H,7-11,13-14H2,1-4H3. The van der Waals surface area contributed by atoms with Crippen LogP contribution in [0.3, 0.4) is 0 Å². The summed E-state index contributed by atoms with van der Waals surface area (Å²) < 4.78 is 0. The maximum Gasteiger partial charge on any atom is 0.0473 e. The molecule has 0 aliphatic heterocycles. The molecule has 0 aromatic rings. The van der Waals surface area contributed by atoms with E-state index in [1.165, 1.54) is 44.9 Å². The highest BCUT2D eigenvalue weighted by Crippen LogP contribution is 2.37. The number of allylic oxidation sites excluding steroid dienone is 2. The highest BCUT2D eigenvalue weighted by Gasteiger charge is 2.28. The molecule has 2 atom stereocenters. The van der Waals surface area contributed by atoms with E-state index in [9.17, 15) is 0 Å². The summed E-state index contributed by atoms with van der Waals surface area (Å²) in [5, 5.41) is 0. The smallest absolute Gasteiger partial charge is 0.0473 e. The highest BCUT2D eigenvalue weighted by atomic mass is 28.3. The first kappa shape index (κ1) is 15.0. The van der Waals surface area contributed by atoms with Crippen LogP contribution in [0, 0.1) is 12.3 Å². The van der Waals surface area contributed by atoms with Gasteiger partial charge in [-0.25, -0.2) is 0 Å². The molecule has 17 heavy (non-hydrogen) atoms. The van der Waals surface area contributed by atoms with E-state index >= 15 is 0 Å². The van der Waals surface area contributed by atoms with Crippen LogP contribution in [-0.4, -0.2) is 8.07 Å². The Kier molecular flexibility index (Phi) is 6.54. The van der Waals surface area contributed by atoms with Gasteiger partial charge in [-0.1, -0.05) is 57.5 Å². The van der Waals surface area contributed by atoms with Crippen molar-refractivity contribution in [2.24, 2.45) is 5.92 Å². The van der Waals surface area contributed by atoms with Crippen LogP contribution in [0.4, 0.5) is 0 Å². The van der Waals surface area contributed by atoms with Gasteiger partial charge in [0, 0.05) is 8.07 Å². The monoisotopic (exact) mass is 251 g/mol. The molecule has 1 radical (unpaired) electrons. The Labute approximate surface area is 110 Å². The van der Waals surface area contributed by atoms with Gasteiger partial charge in [-0.05, 0) is 44.1 Å². The van der Waals surface area contributed by atoms with Crippen LogP contribution in [0.1, 0.15) is 51.9 Å². The normalized spacial score (nSPS) is 28.7. The van der Waals surface area contributed by atoms with Crippen molar-refractivity contribution in [1.82, 2.24) is 0 Å². The average molecular weight is 252 g/mol.